The molecule has 0 saturated carbocycles. The van der Waals surface area contributed by atoms with Gasteiger partial charge >= 0.3 is 71.1 Å². The molecule has 0 aliphatic heterocycles. The van der Waals surface area contributed by atoms with E-state index in [0.29, 0.717) is 4.42 Å². The number of carbonyl (C=O) groups is 2. The molecule has 8 heteroatoms. The van der Waals surface area contributed by atoms with E-state index in [9.17, 15) is 9.59 Å². The third-order valence-electron chi connectivity index (χ3n) is 0.614. The largest absolute Gasteiger partial charge is 1.00 e. The Morgan fingerprint density at radius 1 is 1.17 bits per heavy atom. The van der Waals surface area contributed by atoms with Crippen LogP contribution in [0, 0.1) is 0 Å². The van der Waals surface area contributed by atoms with Gasteiger partial charge in [0.2, 0.25) is 0 Å². The SMILES string of the molecule is O=C(O)CN(Cl)CC(=O)O.[H-].[H-].[Na+].[Na+]. The molecule has 12 heavy (non-hydrogen) atoms. The summed E-state index contributed by atoms with van der Waals surface area (Å²) in [6.07, 6.45) is 0. The molecular weight excluding hydrogens is 207 g/mol. The summed E-state index contributed by atoms with van der Waals surface area (Å²) < 4.78 is 0.671. The minimum absolute atomic E-state index is 0. The zero-order valence-corrected chi connectivity index (χ0v) is 11.7. The van der Waals surface area contributed by atoms with E-state index in [1.165, 1.54) is 0 Å². The zero-order valence-electron chi connectivity index (χ0n) is 8.95. The Hall–Kier alpha value is 1.19. The van der Waals surface area contributed by atoms with Gasteiger partial charge in [0, 0.05) is 0 Å². The topological polar surface area (TPSA) is 77.8 Å². The van der Waals surface area contributed by atoms with Crippen LogP contribution in [-0.2, 0) is 9.59 Å². The van der Waals surface area contributed by atoms with Gasteiger partial charge in [0.25, 0.3) is 0 Å². The van der Waals surface area contributed by atoms with E-state index in [4.69, 9.17) is 22.0 Å². The van der Waals surface area contributed by atoms with Crippen LogP contribution in [0.3, 0.4) is 0 Å². The number of nitrogens with zero attached hydrogens (tertiary/aromatic N) is 1. The molecular formula is C4H8ClNNa2O4. The summed E-state index contributed by atoms with van der Waals surface area (Å²) in [6.45, 7) is -0.957. The van der Waals surface area contributed by atoms with Crippen molar-refractivity contribution in [3.8, 4) is 0 Å². The summed E-state index contributed by atoms with van der Waals surface area (Å²) in [5, 5.41) is 16.2. The molecule has 0 aliphatic rings. The van der Waals surface area contributed by atoms with Gasteiger partial charge in [0.05, 0.1) is 0 Å². The van der Waals surface area contributed by atoms with Crippen molar-refractivity contribution in [2.45, 2.75) is 0 Å². The average molecular weight is 216 g/mol. The normalized spacial score (nSPS) is 8.17. The summed E-state index contributed by atoms with van der Waals surface area (Å²) >= 11 is 5.14. The van der Waals surface area contributed by atoms with Gasteiger partial charge in [-0.25, -0.2) is 0 Å². The molecule has 5 nitrogen and oxygen atoms in total. The van der Waals surface area contributed by atoms with Crippen molar-refractivity contribution >= 4 is 23.7 Å². The fourth-order valence-corrected chi connectivity index (χ4v) is 0.554. The molecule has 0 aromatic carbocycles. The van der Waals surface area contributed by atoms with Gasteiger partial charge in [-0.1, -0.05) is 0 Å². The van der Waals surface area contributed by atoms with Gasteiger partial charge in [0.1, 0.15) is 13.1 Å². The molecule has 0 bridgehead atoms. The number of hydrogen-bond donors (Lipinski definition) is 2. The van der Waals surface area contributed by atoms with Crippen LogP contribution >= 0.6 is 11.8 Å². The summed E-state index contributed by atoms with van der Waals surface area (Å²) in [6, 6.07) is 0. The predicted octanol–water partition coefficient (Wildman–Crippen LogP) is -6.16. The van der Waals surface area contributed by atoms with Crippen LogP contribution in [0.15, 0.2) is 0 Å². The van der Waals surface area contributed by atoms with Crippen LogP contribution in [0.1, 0.15) is 2.85 Å². The second-order valence-electron chi connectivity index (χ2n) is 1.57. The van der Waals surface area contributed by atoms with E-state index in [1.54, 1.807) is 0 Å². The van der Waals surface area contributed by atoms with Gasteiger partial charge in [0.15, 0.2) is 0 Å². The monoisotopic (exact) mass is 215 g/mol. The minimum Gasteiger partial charge on any atom is -1.00 e. The third-order valence-corrected chi connectivity index (χ3v) is 0.853. The maximum Gasteiger partial charge on any atom is 1.00 e. The third kappa shape index (κ3) is 13.8. The van der Waals surface area contributed by atoms with Crippen molar-refractivity contribution < 1.29 is 81.8 Å². The number of carboxylic acids is 2. The number of halogens is 1. The molecule has 62 valence electrons. The van der Waals surface area contributed by atoms with Crippen molar-refractivity contribution in [1.29, 1.82) is 0 Å². The van der Waals surface area contributed by atoms with Gasteiger partial charge in [-0.15, -0.1) is 0 Å². The molecule has 0 aromatic rings. The summed E-state index contributed by atoms with van der Waals surface area (Å²) in [4.78, 5) is 19.7. The van der Waals surface area contributed by atoms with Crippen molar-refractivity contribution in [3.05, 3.63) is 0 Å². The van der Waals surface area contributed by atoms with Crippen LogP contribution in [0.25, 0.3) is 0 Å². The average Bonchev–Trinajstić information content (AvgIpc) is 1.58. The smallest absolute Gasteiger partial charge is 1.00 e. The van der Waals surface area contributed by atoms with Gasteiger partial charge < -0.3 is 13.1 Å². The molecule has 0 aromatic heterocycles. The van der Waals surface area contributed by atoms with Gasteiger partial charge in [-0.3, -0.25) is 9.59 Å². The molecule has 2 N–H and O–H groups in total. The maximum absolute atomic E-state index is 9.87. The van der Waals surface area contributed by atoms with Gasteiger partial charge in [-0.2, -0.15) is 4.42 Å². The van der Waals surface area contributed by atoms with Crippen LogP contribution in [0.2, 0.25) is 0 Å². The van der Waals surface area contributed by atoms with E-state index in [-0.39, 0.29) is 62.0 Å². The summed E-state index contributed by atoms with van der Waals surface area (Å²) in [5.74, 6) is -2.31. The van der Waals surface area contributed by atoms with E-state index in [0.717, 1.165) is 0 Å². The Labute approximate surface area is 122 Å². The predicted molar refractivity (Wildman–Crippen MR) is 34.9 cm³/mol. The molecule has 0 saturated heterocycles. The first-order chi connectivity index (χ1) is 4.52. The standard InChI is InChI=1S/C4H6ClNO4.2Na.2H/c5-6(1-3(7)8)2-4(9)10;;;;/h1-2H2,(H,7,8)(H,9,10);;;;/q;2*+1;2*-1. The number of rotatable bonds is 4. The number of hydrogen-bond acceptors (Lipinski definition) is 3. The van der Waals surface area contributed by atoms with E-state index < -0.39 is 25.0 Å². The molecule has 0 aliphatic carbocycles. The first kappa shape index (κ1) is 18.9. The van der Waals surface area contributed by atoms with Crippen LogP contribution in [0.5, 0.6) is 0 Å². The van der Waals surface area contributed by atoms with Gasteiger partial charge in [-0.05, 0) is 11.8 Å². The quantitative estimate of drug-likeness (QED) is 0.361. The van der Waals surface area contributed by atoms with Crippen molar-refractivity contribution in [3.63, 3.8) is 0 Å². The molecule has 0 fully saturated rings. The molecule has 0 spiro atoms. The first-order valence-corrected chi connectivity index (χ1v) is 2.70. The molecule has 0 rings (SSSR count). The van der Waals surface area contributed by atoms with Crippen LogP contribution in [0.4, 0.5) is 0 Å². The van der Waals surface area contributed by atoms with Crippen molar-refractivity contribution in [1.82, 2.24) is 4.42 Å². The van der Waals surface area contributed by atoms with E-state index in [2.05, 4.69) is 0 Å². The zero-order chi connectivity index (χ0) is 8.15. The van der Waals surface area contributed by atoms with Crippen LogP contribution < -0.4 is 59.1 Å². The van der Waals surface area contributed by atoms with E-state index in [1.807, 2.05) is 0 Å². The fourth-order valence-electron chi connectivity index (χ4n) is 0.349. The Bertz CT molecular complexity index is 148. The van der Waals surface area contributed by atoms with Crippen molar-refractivity contribution in [2.75, 3.05) is 13.1 Å². The second-order valence-corrected chi connectivity index (χ2v) is 2.04. The Morgan fingerprint density at radius 3 is 1.58 bits per heavy atom. The molecule has 0 amide bonds. The Kier molecular flexibility index (Phi) is 16.2. The summed E-state index contributed by atoms with van der Waals surface area (Å²) in [7, 11) is 0. The number of aliphatic carboxylic acids is 2. The molecule has 0 unspecified atom stereocenters. The molecule has 0 atom stereocenters. The van der Waals surface area contributed by atoms with E-state index >= 15 is 0 Å². The van der Waals surface area contributed by atoms with Crippen LogP contribution in [-0.4, -0.2) is 39.7 Å². The Morgan fingerprint density at radius 2 is 1.42 bits per heavy atom. The molecule has 0 radical (unpaired) electrons. The minimum atomic E-state index is -1.16. The summed E-state index contributed by atoms with van der Waals surface area (Å²) in [5.41, 5.74) is 0. The molecule has 0 heterocycles. The Balaban J connectivity index is -0.0000000675. The fraction of sp³-hybridized carbons (Fsp3) is 0.500. The number of carboxylic acid groups (broad SMARTS) is 2. The van der Waals surface area contributed by atoms with Crippen molar-refractivity contribution in [2.24, 2.45) is 0 Å². The second kappa shape index (κ2) is 10.3. The first-order valence-electron chi connectivity index (χ1n) is 2.36. The maximum atomic E-state index is 9.87.